The number of oxime groups is 1. The highest BCUT2D eigenvalue weighted by molar-refractivity contribution is 6.04. The maximum atomic E-state index is 11.7. The van der Waals surface area contributed by atoms with Crippen molar-refractivity contribution in [3.8, 4) is 0 Å². The molecule has 0 aliphatic carbocycles. The van der Waals surface area contributed by atoms with Crippen LogP contribution in [0.4, 0.5) is 0 Å². The molecule has 1 aromatic rings. The molecule has 0 saturated carbocycles. The zero-order valence-corrected chi connectivity index (χ0v) is 10.2. The summed E-state index contributed by atoms with van der Waals surface area (Å²) in [4.78, 5) is 16.8. The Bertz CT molecular complexity index is 443. The molecule has 1 aliphatic rings. The van der Waals surface area contributed by atoms with Crippen LogP contribution in [0.15, 0.2) is 35.5 Å². The van der Waals surface area contributed by atoms with Crippen molar-refractivity contribution >= 4 is 11.6 Å². The summed E-state index contributed by atoms with van der Waals surface area (Å²) in [5, 5.41) is 15.6. The lowest BCUT2D eigenvalue weighted by atomic mass is 10.0. The van der Waals surface area contributed by atoms with Gasteiger partial charge in [0.25, 0.3) is 5.91 Å². The third kappa shape index (κ3) is 3.07. The molecule has 0 bridgehead atoms. The van der Waals surface area contributed by atoms with E-state index >= 15 is 0 Å². The molecule has 5 nitrogen and oxygen atoms in total. The Morgan fingerprint density at radius 3 is 2.94 bits per heavy atom. The number of carbonyl (C=O) groups excluding carboxylic acids is 1. The molecule has 0 aromatic heterocycles. The summed E-state index contributed by atoms with van der Waals surface area (Å²) in [5.41, 5.74) is 1.73. The lowest BCUT2D eigenvalue weighted by Crippen LogP contribution is -2.38. The smallest absolute Gasteiger partial charge is 0.264 e. The zero-order chi connectivity index (χ0) is 13.0. The van der Waals surface area contributed by atoms with Crippen LogP contribution in [0.5, 0.6) is 0 Å². The quantitative estimate of drug-likeness (QED) is 0.823. The van der Waals surface area contributed by atoms with E-state index in [-0.39, 0.29) is 12.5 Å². The predicted octanol–water partition coefficient (Wildman–Crippen LogP) is 0.677. The molecule has 1 aliphatic heterocycles. The van der Waals surface area contributed by atoms with Gasteiger partial charge in [0.2, 0.25) is 6.10 Å². The highest BCUT2D eigenvalue weighted by atomic mass is 16.6. The van der Waals surface area contributed by atoms with E-state index in [1.165, 1.54) is 0 Å². The van der Waals surface area contributed by atoms with E-state index in [1.54, 1.807) is 6.92 Å². The first kappa shape index (κ1) is 12.6. The molecule has 0 radical (unpaired) electrons. The lowest BCUT2D eigenvalue weighted by Gasteiger charge is -2.10. The maximum Gasteiger partial charge on any atom is 0.264 e. The fraction of sp³-hybridized carbons (Fsp3) is 0.385. The van der Waals surface area contributed by atoms with Crippen molar-refractivity contribution in [1.82, 2.24) is 5.32 Å². The molecule has 0 fully saturated rings. The standard InChI is InChI=1S/C13H16N2O3/c1-9(16)8-14-13(17)12-7-11(15-18-12)10-5-3-2-4-6-10/h2-6,9,12,16H,7-8H2,1H3,(H,14,17). The molecule has 2 atom stereocenters. The first-order chi connectivity index (χ1) is 8.66. The van der Waals surface area contributed by atoms with Gasteiger partial charge in [-0.05, 0) is 12.5 Å². The minimum atomic E-state index is -0.598. The number of aliphatic hydroxyl groups is 1. The monoisotopic (exact) mass is 248 g/mol. The number of aliphatic hydroxyl groups excluding tert-OH is 1. The molecule has 2 rings (SSSR count). The Labute approximate surface area is 105 Å². The summed E-state index contributed by atoms with van der Waals surface area (Å²) in [7, 11) is 0. The average Bonchev–Trinajstić information content (AvgIpc) is 2.86. The molecule has 0 spiro atoms. The first-order valence-electron chi connectivity index (χ1n) is 5.90. The fourth-order valence-corrected chi connectivity index (χ4v) is 1.68. The number of rotatable bonds is 4. The number of hydrogen-bond acceptors (Lipinski definition) is 4. The van der Waals surface area contributed by atoms with Gasteiger partial charge in [0, 0.05) is 13.0 Å². The van der Waals surface area contributed by atoms with Gasteiger partial charge in [-0.2, -0.15) is 0 Å². The molecule has 2 N–H and O–H groups in total. The van der Waals surface area contributed by atoms with Gasteiger partial charge in [0.05, 0.1) is 11.8 Å². The van der Waals surface area contributed by atoms with E-state index in [0.717, 1.165) is 11.3 Å². The van der Waals surface area contributed by atoms with E-state index in [2.05, 4.69) is 10.5 Å². The molecular weight excluding hydrogens is 232 g/mol. The largest absolute Gasteiger partial charge is 0.392 e. The van der Waals surface area contributed by atoms with Crippen molar-refractivity contribution in [2.45, 2.75) is 25.6 Å². The van der Waals surface area contributed by atoms with Crippen molar-refractivity contribution in [2.75, 3.05) is 6.54 Å². The Morgan fingerprint density at radius 2 is 2.28 bits per heavy atom. The maximum absolute atomic E-state index is 11.7. The summed E-state index contributed by atoms with van der Waals surface area (Å²) < 4.78 is 0. The van der Waals surface area contributed by atoms with Gasteiger partial charge in [-0.1, -0.05) is 35.5 Å². The van der Waals surface area contributed by atoms with Gasteiger partial charge < -0.3 is 15.3 Å². The van der Waals surface area contributed by atoms with Crippen LogP contribution < -0.4 is 5.32 Å². The van der Waals surface area contributed by atoms with Crippen LogP contribution >= 0.6 is 0 Å². The normalized spacial score (nSPS) is 19.9. The van der Waals surface area contributed by atoms with Gasteiger partial charge in [-0.15, -0.1) is 0 Å². The summed E-state index contributed by atoms with van der Waals surface area (Å²) >= 11 is 0. The highest BCUT2D eigenvalue weighted by Gasteiger charge is 2.28. The van der Waals surface area contributed by atoms with Gasteiger partial charge in [0.15, 0.2) is 0 Å². The van der Waals surface area contributed by atoms with Gasteiger partial charge in [-0.25, -0.2) is 0 Å². The van der Waals surface area contributed by atoms with Crippen LogP contribution in [-0.4, -0.2) is 35.5 Å². The van der Waals surface area contributed by atoms with Crippen molar-refractivity contribution in [3.63, 3.8) is 0 Å². The van der Waals surface area contributed by atoms with E-state index in [9.17, 15) is 4.79 Å². The molecule has 2 unspecified atom stereocenters. The second-order valence-corrected chi connectivity index (χ2v) is 4.30. The molecular formula is C13H16N2O3. The number of carbonyl (C=O) groups is 1. The molecule has 5 heteroatoms. The summed E-state index contributed by atoms with van der Waals surface area (Å²) in [5.74, 6) is -0.245. The number of amides is 1. The van der Waals surface area contributed by atoms with E-state index in [1.807, 2.05) is 30.3 Å². The summed E-state index contributed by atoms with van der Waals surface area (Å²) in [6.45, 7) is 1.83. The van der Waals surface area contributed by atoms with Crippen LogP contribution in [-0.2, 0) is 9.63 Å². The summed E-state index contributed by atoms with van der Waals surface area (Å²) in [6, 6.07) is 9.61. The Morgan fingerprint density at radius 1 is 1.56 bits per heavy atom. The number of benzene rings is 1. The fourth-order valence-electron chi connectivity index (χ4n) is 1.68. The van der Waals surface area contributed by atoms with Crippen LogP contribution in [0.3, 0.4) is 0 Å². The molecule has 18 heavy (non-hydrogen) atoms. The minimum absolute atomic E-state index is 0.222. The second kappa shape index (κ2) is 5.64. The van der Waals surface area contributed by atoms with E-state index in [0.29, 0.717) is 6.42 Å². The highest BCUT2D eigenvalue weighted by Crippen LogP contribution is 2.16. The van der Waals surface area contributed by atoms with E-state index < -0.39 is 12.2 Å². The van der Waals surface area contributed by atoms with Crippen molar-refractivity contribution < 1.29 is 14.7 Å². The lowest BCUT2D eigenvalue weighted by molar-refractivity contribution is -0.131. The first-order valence-corrected chi connectivity index (χ1v) is 5.90. The van der Waals surface area contributed by atoms with Crippen molar-refractivity contribution in [1.29, 1.82) is 0 Å². The Kier molecular flexibility index (Phi) is 3.94. The second-order valence-electron chi connectivity index (χ2n) is 4.30. The van der Waals surface area contributed by atoms with Crippen LogP contribution in [0.1, 0.15) is 18.9 Å². The number of hydrogen-bond donors (Lipinski definition) is 2. The van der Waals surface area contributed by atoms with Gasteiger partial charge >= 0.3 is 0 Å². The molecule has 1 amide bonds. The minimum Gasteiger partial charge on any atom is -0.392 e. The predicted molar refractivity (Wildman–Crippen MR) is 67.2 cm³/mol. The van der Waals surface area contributed by atoms with Gasteiger partial charge in [0.1, 0.15) is 0 Å². The molecule has 1 heterocycles. The van der Waals surface area contributed by atoms with Crippen LogP contribution in [0.25, 0.3) is 0 Å². The van der Waals surface area contributed by atoms with Crippen molar-refractivity contribution in [3.05, 3.63) is 35.9 Å². The van der Waals surface area contributed by atoms with Gasteiger partial charge in [-0.3, -0.25) is 4.79 Å². The molecule has 96 valence electrons. The SMILES string of the molecule is CC(O)CNC(=O)C1CC(c2ccccc2)=NO1. The Balaban J connectivity index is 1.89. The van der Waals surface area contributed by atoms with E-state index in [4.69, 9.17) is 9.94 Å². The third-order valence-corrected chi connectivity index (χ3v) is 2.64. The summed E-state index contributed by atoms with van der Waals surface area (Å²) in [6.07, 6.45) is -0.709. The van der Waals surface area contributed by atoms with Crippen LogP contribution in [0, 0.1) is 0 Å². The number of nitrogens with one attached hydrogen (secondary N) is 1. The topological polar surface area (TPSA) is 70.9 Å². The number of nitrogens with zero attached hydrogens (tertiary/aromatic N) is 1. The third-order valence-electron chi connectivity index (χ3n) is 2.64. The average molecular weight is 248 g/mol. The molecule has 1 aromatic carbocycles. The Hall–Kier alpha value is -1.88. The van der Waals surface area contributed by atoms with Crippen molar-refractivity contribution in [2.24, 2.45) is 5.16 Å². The molecule has 0 saturated heterocycles. The zero-order valence-electron chi connectivity index (χ0n) is 10.2. The van der Waals surface area contributed by atoms with Crippen LogP contribution in [0.2, 0.25) is 0 Å².